The van der Waals surface area contributed by atoms with Crippen molar-refractivity contribution in [1.29, 1.82) is 0 Å². The van der Waals surface area contributed by atoms with Gasteiger partial charge in [0.1, 0.15) is 11.3 Å². The molecule has 0 aromatic carbocycles. The molecule has 3 atom stereocenters. The summed E-state index contributed by atoms with van der Waals surface area (Å²) in [5.41, 5.74) is 0. The van der Waals surface area contributed by atoms with Gasteiger partial charge in [-0.15, -0.1) is 11.8 Å². The zero-order valence-electron chi connectivity index (χ0n) is 9.73. The normalized spacial score (nSPS) is 22.7. The van der Waals surface area contributed by atoms with Crippen LogP contribution in [0.1, 0.15) is 20.3 Å². The van der Waals surface area contributed by atoms with Crippen molar-refractivity contribution in [3.63, 3.8) is 0 Å². The van der Waals surface area contributed by atoms with Crippen LogP contribution in [0, 0.1) is 0 Å². The number of aliphatic carboxylic acids is 1. The highest BCUT2D eigenvalue weighted by Gasteiger charge is 2.28. The van der Waals surface area contributed by atoms with E-state index in [0.29, 0.717) is 13.0 Å². The second-order valence-corrected chi connectivity index (χ2v) is 5.59. The lowest BCUT2D eigenvalue weighted by Gasteiger charge is -2.16. The van der Waals surface area contributed by atoms with Gasteiger partial charge in [-0.2, -0.15) is 0 Å². The van der Waals surface area contributed by atoms with Gasteiger partial charge in [-0.3, -0.25) is 14.4 Å². The highest BCUT2D eigenvalue weighted by atomic mass is 32.2. The molecule has 1 aliphatic rings. The van der Waals surface area contributed by atoms with E-state index in [-0.39, 0.29) is 11.8 Å². The number of hydrogen-bond donors (Lipinski definition) is 3. The first-order chi connectivity index (χ1) is 7.91. The van der Waals surface area contributed by atoms with Crippen molar-refractivity contribution in [2.75, 3.05) is 6.54 Å². The molecule has 0 radical (unpaired) electrons. The van der Waals surface area contributed by atoms with Crippen LogP contribution >= 0.6 is 11.8 Å². The van der Waals surface area contributed by atoms with Gasteiger partial charge in [0.05, 0.1) is 5.25 Å². The Hall–Kier alpha value is -1.24. The Kier molecular flexibility index (Phi) is 4.80. The SMILES string of the molecule is CC(SC(C)C(=O)N[C@H]1CCNC1=O)C(=O)O. The predicted molar refractivity (Wildman–Crippen MR) is 63.7 cm³/mol. The van der Waals surface area contributed by atoms with Crippen LogP contribution in [0.15, 0.2) is 0 Å². The number of carboxylic acids is 1. The fourth-order valence-electron chi connectivity index (χ4n) is 1.45. The summed E-state index contributed by atoms with van der Waals surface area (Å²) in [5.74, 6) is -1.43. The van der Waals surface area contributed by atoms with Crippen LogP contribution in [-0.4, -0.2) is 46.0 Å². The van der Waals surface area contributed by atoms with E-state index in [9.17, 15) is 14.4 Å². The number of hydrogen-bond acceptors (Lipinski definition) is 4. The average Bonchev–Trinajstić information content (AvgIpc) is 2.64. The van der Waals surface area contributed by atoms with Crippen LogP contribution in [0.3, 0.4) is 0 Å². The lowest BCUT2D eigenvalue weighted by molar-refractivity contribution is -0.136. The van der Waals surface area contributed by atoms with E-state index in [0.717, 1.165) is 11.8 Å². The van der Waals surface area contributed by atoms with E-state index in [4.69, 9.17) is 5.11 Å². The van der Waals surface area contributed by atoms with Crippen molar-refractivity contribution in [3.05, 3.63) is 0 Å². The number of carboxylic acid groups (broad SMARTS) is 1. The Labute approximate surface area is 104 Å². The van der Waals surface area contributed by atoms with Crippen molar-refractivity contribution < 1.29 is 19.5 Å². The molecule has 3 N–H and O–H groups in total. The molecule has 2 unspecified atom stereocenters. The van der Waals surface area contributed by atoms with Gasteiger partial charge in [-0.05, 0) is 20.3 Å². The predicted octanol–water partition coefficient (Wildman–Crippen LogP) is -0.414. The van der Waals surface area contributed by atoms with E-state index >= 15 is 0 Å². The largest absolute Gasteiger partial charge is 0.480 e. The topological polar surface area (TPSA) is 95.5 Å². The molecule has 1 aliphatic heterocycles. The molecule has 1 saturated heterocycles. The first-order valence-corrected chi connectivity index (χ1v) is 6.32. The molecule has 6 nitrogen and oxygen atoms in total. The van der Waals surface area contributed by atoms with Crippen LogP contribution < -0.4 is 10.6 Å². The number of nitrogens with one attached hydrogen (secondary N) is 2. The maximum atomic E-state index is 11.7. The molecule has 96 valence electrons. The van der Waals surface area contributed by atoms with Gasteiger partial charge in [-0.25, -0.2) is 0 Å². The second kappa shape index (κ2) is 5.90. The van der Waals surface area contributed by atoms with Crippen molar-refractivity contribution in [2.45, 2.75) is 36.8 Å². The van der Waals surface area contributed by atoms with Crippen molar-refractivity contribution >= 4 is 29.5 Å². The summed E-state index contributed by atoms with van der Waals surface area (Å²) in [7, 11) is 0. The third kappa shape index (κ3) is 3.92. The summed E-state index contributed by atoms with van der Waals surface area (Å²) in [5, 5.41) is 12.8. The first kappa shape index (κ1) is 13.8. The highest BCUT2D eigenvalue weighted by Crippen LogP contribution is 2.18. The van der Waals surface area contributed by atoms with Gasteiger partial charge < -0.3 is 15.7 Å². The average molecular weight is 260 g/mol. The highest BCUT2D eigenvalue weighted by molar-refractivity contribution is 8.01. The molecule has 2 amide bonds. The van der Waals surface area contributed by atoms with Gasteiger partial charge in [0, 0.05) is 6.54 Å². The van der Waals surface area contributed by atoms with E-state index in [1.807, 2.05) is 0 Å². The summed E-state index contributed by atoms with van der Waals surface area (Å²) in [6.07, 6.45) is 0.580. The maximum Gasteiger partial charge on any atom is 0.316 e. The van der Waals surface area contributed by atoms with E-state index in [1.54, 1.807) is 6.92 Å². The number of rotatable bonds is 5. The van der Waals surface area contributed by atoms with Crippen molar-refractivity contribution in [1.82, 2.24) is 10.6 Å². The van der Waals surface area contributed by atoms with Crippen LogP contribution in [0.4, 0.5) is 0 Å². The third-order valence-corrected chi connectivity index (χ3v) is 3.72. The molecule has 1 rings (SSSR count). The molecule has 0 spiro atoms. The van der Waals surface area contributed by atoms with E-state index < -0.39 is 22.5 Å². The minimum absolute atomic E-state index is 0.179. The number of amides is 2. The Morgan fingerprint density at radius 3 is 2.59 bits per heavy atom. The zero-order chi connectivity index (χ0) is 13.0. The summed E-state index contributed by atoms with van der Waals surface area (Å²) < 4.78 is 0. The molecule has 1 fully saturated rings. The summed E-state index contributed by atoms with van der Waals surface area (Å²) in [6, 6.07) is -0.481. The number of carbonyl (C=O) groups is 3. The Morgan fingerprint density at radius 1 is 1.47 bits per heavy atom. The lowest BCUT2D eigenvalue weighted by atomic mass is 10.2. The lowest BCUT2D eigenvalue weighted by Crippen LogP contribution is -2.43. The molecule has 0 aromatic rings. The Balaban J connectivity index is 2.41. The summed E-state index contributed by atoms with van der Waals surface area (Å²) in [4.78, 5) is 33.6. The van der Waals surface area contributed by atoms with Crippen LogP contribution in [0.2, 0.25) is 0 Å². The maximum absolute atomic E-state index is 11.7. The smallest absolute Gasteiger partial charge is 0.316 e. The fourth-order valence-corrected chi connectivity index (χ4v) is 2.37. The van der Waals surface area contributed by atoms with Gasteiger partial charge in [0.15, 0.2) is 0 Å². The second-order valence-electron chi connectivity index (χ2n) is 3.90. The van der Waals surface area contributed by atoms with Gasteiger partial charge in [0.2, 0.25) is 11.8 Å². The molecule has 0 bridgehead atoms. The number of thioether (sulfide) groups is 1. The van der Waals surface area contributed by atoms with Gasteiger partial charge in [-0.1, -0.05) is 0 Å². The van der Waals surface area contributed by atoms with Crippen molar-refractivity contribution in [2.24, 2.45) is 0 Å². The first-order valence-electron chi connectivity index (χ1n) is 5.38. The number of carbonyl (C=O) groups excluding carboxylic acids is 2. The molecule has 0 aromatic heterocycles. The summed E-state index contributed by atoms with van der Waals surface area (Å²) >= 11 is 1.06. The monoisotopic (exact) mass is 260 g/mol. The molecule has 0 saturated carbocycles. The third-order valence-electron chi connectivity index (χ3n) is 2.49. The van der Waals surface area contributed by atoms with E-state index in [1.165, 1.54) is 6.92 Å². The molecular weight excluding hydrogens is 244 g/mol. The quantitative estimate of drug-likeness (QED) is 0.624. The molecule has 7 heteroatoms. The van der Waals surface area contributed by atoms with E-state index in [2.05, 4.69) is 10.6 Å². The minimum Gasteiger partial charge on any atom is -0.480 e. The zero-order valence-corrected chi connectivity index (χ0v) is 10.5. The fraction of sp³-hybridized carbons (Fsp3) is 0.700. The Morgan fingerprint density at radius 2 is 2.12 bits per heavy atom. The minimum atomic E-state index is -0.951. The van der Waals surface area contributed by atoms with Gasteiger partial charge >= 0.3 is 5.97 Å². The van der Waals surface area contributed by atoms with Crippen LogP contribution in [0.5, 0.6) is 0 Å². The molecule has 0 aliphatic carbocycles. The van der Waals surface area contributed by atoms with Gasteiger partial charge in [0.25, 0.3) is 0 Å². The van der Waals surface area contributed by atoms with Crippen LogP contribution in [0.25, 0.3) is 0 Å². The Bertz CT molecular complexity index is 334. The van der Waals surface area contributed by atoms with Crippen molar-refractivity contribution in [3.8, 4) is 0 Å². The molecular formula is C10H16N2O4S. The summed E-state index contributed by atoms with van der Waals surface area (Å²) in [6.45, 7) is 3.72. The molecule has 17 heavy (non-hydrogen) atoms. The standard InChI is InChI=1S/C10H16N2O4S/c1-5(17-6(2)10(15)16)8(13)12-7-3-4-11-9(7)14/h5-7H,3-4H2,1-2H3,(H,11,14)(H,12,13)(H,15,16)/t5?,6?,7-/m0/s1. The molecule has 1 heterocycles. The van der Waals surface area contributed by atoms with Crippen LogP contribution in [-0.2, 0) is 14.4 Å².